The van der Waals surface area contributed by atoms with Gasteiger partial charge in [-0.05, 0) is 30.2 Å². The van der Waals surface area contributed by atoms with Crippen molar-refractivity contribution in [1.82, 2.24) is 0 Å². The van der Waals surface area contributed by atoms with Crippen molar-refractivity contribution in [3.63, 3.8) is 0 Å². The van der Waals surface area contributed by atoms with Crippen LogP contribution in [0.4, 0.5) is 5.69 Å². The van der Waals surface area contributed by atoms with E-state index in [4.69, 9.17) is 15.2 Å². The number of benzene rings is 3. The smallest absolute Gasteiger partial charge is 0.150 e. The van der Waals surface area contributed by atoms with E-state index in [9.17, 15) is 15.3 Å². The average molecular weight is 355 g/mol. The number of hydrogen-bond acceptors (Lipinski definition) is 6. The number of nitrogen functional groups attached to an aromatic ring is 1. The van der Waals surface area contributed by atoms with E-state index in [0.29, 0.717) is 33.4 Å². The number of hydrogen-bond donors (Lipinski definition) is 4. The first-order valence-corrected chi connectivity index (χ1v) is 8.03. The van der Waals surface area contributed by atoms with Crippen LogP contribution in [0.1, 0.15) is 11.1 Å². The number of fused-ring (bicyclic) bond motifs is 1. The Kier molecular flexibility index (Phi) is 4.52. The van der Waals surface area contributed by atoms with Gasteiger partial charge in [0.25, 0.3) is 0 Å². The molecule has 0 fully saturated rings. The lowest BCUT2D eigenvalue weighted by Gasteiger charge is -2.20. The van der Waals surface area contributed by atoms with E-state index < -0.39 is 0 Å². The van der Waals surface area contributed by atoms with Gasteiger partial charge in [-0.3, -0.25) is 0 Å². The number of nitrogens with two attached hydrogens (primary N) is 1. The molecule has 3 aromatic rings. The summed E-state index contributed by atoms with van der Waals surface area (Å²) >= 11 is 0. The molecule has 0 unspecified atom stereocenters. The van der Waals surface area contributed by atoms with Gasteiger partial charge in [-0.25, -0.2) is 0 Å². The summed E-state index contributed by atoms with van der Waals surface area (Å²) in [5.41, 5.74) is 8.24. The molecule has 0 spiro atoms. The maximum Gasteiger partial charge on any atom is 0.150 e. The van der Waals surface area contributed by atoms with Crippen molar-refractivity contribution < 1.29 is 24.8 Å². The lowest BCUT2D eigenvalue weighted by atomic mass is 9.91. The molecule has 0 saturated carbocycles. The first-order valence-electron chi connectivity index (χ1n) is 8.03. The van der Waals surface area contributed by atoms with Crippen LogP contribution in [0.25, 0.3) is 21.9 Å². The highest BCUT2D eigenvalue weighted by atomic mass is 16.5. The third kappa shape index (κ3) is 2.55. The molecule has 0 aliphatic heterocycles. The summed E-state index contributed by atoms with van der Waals surface area (Å²) < 4.78 is 10.7. The monoisotopic (exact) mass is 355 g/mol. The fourth-order valence-electron chi connectivity index (χ4n) is 3.31. The molecule has 3 aromatic carbocycles. The molecule has 6 heteroatoms. The van der Waals surface area contributed by atoms with E-state index in [0.717, 1.165) is 5.56 Å². The molecule has 26 heavy (non-hydrogen) atoms. The minimum Gasteiger partial charge on any atom is -0.507 e. The Hall–Kier alpha value is -3.12. The maximum atomic E-state index is 11.0. The van der Waals surface area contributed by atoms with Gasteiger partial charge >= 0.3 is 0 Å². The number of aliphatic hydroxyl groups excluding tert-OH is 1. The van der Waals surface area contributed by atoms with E-state index in [1.54, 1.807) is 30.3 Å². The number of aliphatic hydroxyl groups is 1. The van der Waals surface area contributed by atoms with Crippen LogP contribution in [-0.4, -0.2) is 29.5 Å². The summed E-state index contributed by atoms with van der Waals surface area (Å²) in [7, 11) is 2.97. The Labute approximate surface area is 151 Å². The number of methoxy groups -OCH3 is 2. The van der Waals surface area contributed by atoms with Crippen molar-refractivity contribution in [2.75, 3.05) is 20.0 Å². The molecular weight excluding hydrogens is 334 g/mol. The second kappa shape index (κ2) is 6.65. The van der Waals surface area contributed by atoms with Gasteiger partial charge in [-0.2, -0.15) is 0 Å². The minimum atomic E-state index is -0.275. The highest BCUT2D eigenvalue weighted by Gasteiger charge is 2.25. The van der Waals surface area contributed by atoms with Crippen LogP contribution in [0.15, 0.2) is 30.3 Å². The normalized spacial score (nSPS) is 10.9. The van der Waals surface area contributed by atoms with Gasteiger partial charge in [-0.15, -0.1) is 0 Å². The predicted molar refractivity (Wildman–Crippen MR) is 101 cm³/mol. The Bertz CT molecular complexity index is 972. The average Bonchev–Trinajstić information content (AvgIpc) is 2.66. The fourth-order valence-corrected chi connectivity index (χ4v) is 3.31. The molecular formula is C20H21NO5. The minimum absolute atomic E-state index is 0.0173. The van der Waals surface area contributed by atoms with Crippen LogP contribution < -0.4 is 15.2 Å². The van der Waals surface area contributed by atoms with E-state index in [2.05, 4.69) is 0 Å². The number of phenolic OH excluding ortho intramolecular Hbond substituents is 2. The Morgan fingerprint density at radius 2 is 1.65 bits per heavy atom. The molecule has 0 aliphatic rings. The van der Waals surface area contributed by atoms with Crippen LogP contribution in [0.5, 0.6) is 23.0 Å². The number of aromatic hydroxyl groups is 2. The van der Waals surface area contributed by atoms with Gasteiger partial charge in [0.15, 0.2) is 5.75 Å². The molecule has 5 N–H and O–H groups in total. The standard InChI is InChI=1S/C20H21NO5/c1-10-7-11(9-22)15(14(8-10)26-3)17-18(21)20(24)16-12(19(17)23)5-4-6-13(16)25-2/h4-8,22-24H,9,21H2,1-3H3. The first kappa shape index (κ1) is 17.7. The zero-order chi connectivity index (χ0) is 19.0. The number of phenols is 2. The predicted octanol–water partition coefficient (Wildman–Crippen LogP) is 3.32. The molecule has 0 saturated heterocycles. The summed E-state index contributed by atoms with van der Waals surface area (Å²) in [6, 6.07) is 8.60. The lowest BCUT2D eigenvalue weighted by Crippen LogP contribution is -2.01. The highest BCUT2D eigenvalue weighted by molar-refractivity contribution is 6.09. The maximum absolute atomic E-state index is 11.0. The molecule has 0 bridgehead atoms. The van der Waals surface area contributed by atoms with Crippen LogP contribution in [-0.2, 0) is 6.61 Å². The largest absolute Gasteiger partial charge is 0.507 e. The van der Waals surface area contributed by atoms with Gasteiger partial charge < -0.3 is 30.5 Å². The number of anilines is 1. The molecule has 0 heterocycles. The highest BCUT2D eigenvalue weighted by Crippen LogP contribution is 2.52. The van der Waals surface area contributed by atoms with Gasteiger partial charge in [0.05, 0.1) is 37.5 Å². The molecule has 0 radical (unpaired) electrons. The third-order valence-corrected chi connectivity index (χ3v) is 4.47. The molecule has 0 aliphatic carbocycles. The number of ether oxygens (including phenoxy) is 2. The van der Waals surface area contributed by atoms with Gasteiger partial charge in [0, 0.05) is 10.9 Å². The van der Waals surface area contributed by atoms with Crippen LogP contribution in [0, 0.1) is 6.92 Å². The summed E-state index contributed by atoms with van der Waals surface area (Å²) in [5, 5.41) is 32.2. The molecule has 136 valence electrons. The van der Waals surface area contributed by atoms with E-state index in [-0.39, 0.29) is 29.4 Å². The van der Waals surface area contributed by atoms with Crippen molar-refractivity contribution in [3.05, 3.63) is 41.5 Å². The zero-order valence-electron chi connectivity index (χ0n) is 14.8. The zero-order valence-corrected chi connectivity index (χ0v) is 14.8. The van der Waals surface area contributed by atoms with Crippen LogP contribution >= 0.6 is 0 Å². The second-order valence-electron chi connectivity index (χ2n) is 6.03. The van der Waals surface area contributed by atoms with Crippen molar-refractivity contribution in [2.45, 2.75) is 13.5 Å². The molecule has 0 amide bonds. The second-order valence-corrected chi connectivity index (χ2v) is 6.03. The molecule has 3 rings (SSSR count). The van der Waals surface area contributed by atoms with Crippen LogP contribution in [0.2, 0.25) is 0 Å². The Morgan fingerprint density at radius 1 is 0.962 bits per heavy atom. The van der Waals surface area contributed by atoms with Crippen LogP contribution in [0.3, 0.4) is 0 Å². The lowest BCUT2D eigenvalue weighted by molar-refractivity contribution is 0.281. The van der Waals surface area contributed by atoms with Gasteiger partial charge in [-0.1, -0.05) is 18.2 Å². The Morgan fingerprint density at radius 3 is 2.27 bits per heavy atom. The SMILES string of the molecule is COc1cc(C)cc(CO)c1-c1c(N)c(O)c2c(OC)cccc2c1O. The van der Waals surface area contributed by atoms with E-state index in [1.165, 1.54) is 14.2 Å². The third-order valence-electron chi connectivity index (χ3n) is 4.47. The topological polar surface area (TPSA) is 105 Å². The number of rotatable bonds is 4. The first-order chi connectivity index (χ1) is 12.4. The van der Waals surface area contributed by atoms with E-state index in [1.807, 2.05) is 6.92 Å². The molecule has 6 nitrogen and oxygen atoms in total. The van der Waals surface area contributed by atoms with Crippen molar-refractivity contribution in [3.8, 4) is 34.1 Å². The van der Waals surface area contributed by atoms with Crippen molar-refractivity contribution in [1.29, 1.82) is 0 Å². The van der Waals surface area contributed by atoms with Crippen molar-refractivity contribution >= 4 is 16.5 Å². The van der Waals surface area contributed by atoms with Gasteiger partial charge in [0.1, 0.15) is 17.2 Å². The fraction of sp³-hybridized carbons (Fsp3) is 0.200. The van der Waals surface area contributed by atoms with E-state index >= 15 is 0 Å². The van der Waals surface area contributed by atoms with Gasteiger partial charge in [0.2, 0.25) is 0 Å². The molecule has 0 aromatic heterocycles. The van der Waals surface area contributed by atoms with Crippen molar-refractivity contribution in [2.24, 2.45) is 0 Å². The molecule has 0 atom stereocenters. The number of aryl methyl sites for hydroxylation is 1. The quantitative estimate of drug-likeness (QED) is 0.325. The summed E-state index contributed by atoms with van der Waals surface area (Å²) in [6.45, 7) is 1.60. The summed E-state index contributed by atoms with van der Waals surface area (Å²) in [4.78, 5) is 0. The Balaban J connectivity index is 2.49. The summed E-state index contributed by atoms with van der Waals surface area (Å²) in [5.74, 6) is 0.521. The summed E-state index contributed by atoms with van der Waals surface area (Å²) in [6.07, 6.45) is 0.